The van der Waals surface area contributed by atoms with Crippen molar-refractivity contribution in [3.8, 4) is 0 Å². The summed E-state index contributed by atoms with van der Waals surface area (Å²) < 4.78 is 10.6. The summed E-state index contributed by atoms with van der Waals surface area (Å²) in [5.74, 6) is -4.28. The SMILES string of the molecule is CN(C=O)C(=O)CSP(=O)(O)S. The second-order valence-corrected chi connectivity index (χ2v) is 8.10. The highest BCUT2D eigenvalue weighted by Crippen LogP contribution is 2.58. The molecule has 0 saturated heterocycles. The Labute approximate surface area is 78.9 Å². The Balaban J connectivity index is 3.88. The fraction of sp³-hybridized carbons (Fsp3) is 0.500. The molecular weight excluding hydrogens is 221 g/mol. The quantitative estimate of drug-likeness (QED) is 0.413. The van der Waals surface area contributed by atoms with Crippen molar-refractivity contribution in [3.05, 3.63) is 0 Å². The van der Waals surface area contributed by atoms with Crippen LogP contribution in [0.15, 0.2) is 0 Å². The summed E-state index contributed by atoms with van der Waals surface area (Å²) in [4.78, 5) is 30.3. The number of rotatable bonds is 4. The molecule has 0 fully saturated rings. The van der Waals surface area contributed by atoms with Crippen molar-refractivity contribution in [1.82, 2.24) is 4.90 Å². The van der Waals surface area contributed by atoms with Gasteiger partial charge >= 0.3 is 5.77 Å². The summed E-state index contributed by atoms with van der Waals surface area (Å²) in [7, 11) is 1.27. The first-order valence-electron chi connectivity index (χ1n) is 2.78. The lowest BCUT2D eigenvalue weighted by Gasteiger charge is -2.08. The summed E-state index contributed by atoms with van der Waals surface area (Å²) in [5, 5.41) is 0. The van der Waals surface area contributed by atoms with Crippen LogP contribution in [-0.2, 0) is 14.2 Å². The zero-order valence-corrected chi connectivity index (χ0v) is 8.81. The largest absolute Gasteiger partial charge is 0.329 e. The average molecular weight is 229 g/mol. The Morgan fingerprint density at radius 2 is 2.33 bits per heavy atom. The van der Waals surface area contributed by atoms with E-state index in [4.69, 9.17) is 4.89 Å². The maximum Gasteiger partial charge on any atom is 0.308 e. The lowest BCUT2D eigenvalue weighted by atomic mass is 10.6. The molecule has 0 aromatic carbocycles. The standard InChI is InChI=1S/C4H8NO4PS2/c1-5(3-6)4(7)2-12-10(8,9)11/h3H,2H2,1H3,(H2,8,9,11). The Morgan fingerprint density at radius 3 is 2.67 bits per heavy atom. The van der Waals surface area contributed by atoms with Gasteiger partial charge in [-0.3, -0.25) is 19.1 Å². The van der Waals surface area contributed by atoms with Gasteiger partial charge in [-0.15, -0.1) is 0 Å². The first-order valence-corrected chi connectivity index (χ1v) is 7.18. The first-order chi connectivity index (χ1) is 5.37. The van der Waals surface area contributed by atoms with Crippen molar-refractivity contribution in [2.24, 2.45) is 0 Å². The molecule has 0 spiro atoms. The molecule has 1 unspecified atom stereocenters. The summed E-state index contributed by atoms with van der Waals surface area (Å²) in [6, 6.07) is 0. The number of carbonyl (C=O) groups excluding carboxylic acids is 2. The predicted octanol–water partition coefficient (Wildman–Crippen LogP) is 0.365. The fourth-order valence-electron chi connectivity index (χ4n) is 0.300. The molecule has 0 heterocycles. The van der Waals surface area contributed by atoms with Gasteiger partial charge < -0.3 is 4.89 Å². The highest BCUT2D eigenvalue weighted by Gasteiger charge is 2.16. The zero-order valence-electron chi connectivity index (χ0n) is 6.21. The molecule has 5 nitrogen and oxygen atoms in total. The van der Waals surface area contributed by atoms with Crippen LogP contribution in [0.4, 0.5) is 0 Å². The van der Waals surface area contributed by atoms with Crippen molar-refractivity contribution in [3.63, 3.8) is 0 Å². The van der Waals surface area contributed by atoms with Crippen LogP contribution in [0.3, 0.4) is 0 Å². The van der Waals surface area contributed by atoms with Crippen LogP contribution in [0.2, 0.25) is 0 Å². The lowest BCUT2D eigenvalue weighted by Crippen LogP contribution is -2.26. The average Bonchev–Trinajstić information content (AvgIpc) is 1.97. The molecule has 0 aromatic rings. The summed E-state index contributed by atoms with van der Waals surface area (Å²) in [6.45, 7) is 0. The molecule has 0 aliphatic heterocycles. The lowest BCUT2D eigenvalue weighted by molar-refractivity contribution is -0.134. The van der Waals surface area contributed by atoms with Gasteiger partial charge in [-0.1, -0.05) is 12.2 Å². The van der Waals surface area contributed by atoms with Gasteiger partial charge in [0.2, 0.25) is 12.3 Å². The van der Waals surface area contributed by atoms with Crippen LogP contribution in [0.5, 0.6) is 0 Å². The van der Waals surface area contributed by atoms with Crippen molar-refractivity contribution in [2.45, 2.75) is 0 Å². The maximum atomic E-state index is 10.8. The van der Waals surface area contributed by atoms with Crippen molar-refractivity contribution >= 4 is 41.7 Å². The molecule has 1 atom stereocenters. The van der Waals surface area contributed by atoms with Gasteiger partial charge in [0.15, 0.2) is 0 Å². The predicted molar refractivity (Wildman–Crippen MR) is 50.1 cm³/mol. The number of hydrogen-bond donors (Lipinski definition) is 2. The molecule has 0 rings (SSSR count). The molecule has 1 N–H and O–H groups in total. The van der Waals surface area contributed by atoms with Crippen LogP contribution in [0.25, 0.3) is 0 Å². The van der Waals surface area contributed by atoms with Crippen molar-refractivity contribution < 1.29 is 19.0 Å². The number of hydrogen-bond acceptors (Lipinski definition) is 4. The van der Waals surface area contributed by atoms with E-state index >= 15 is 0 Å². The molecule has 0 aromatic heterocycles. The molecule has 0 bridgehead atoms. The van der Waals surface area contributed by atoms with Gasteiger partial charge in [-0.25, -0.2) is 0 Å². The van der Waals surface area contributed by atoms with Gasteiger partial charge in [-0.2, -0.15) is 0 Å². The molecule has 0 saturated carbocycles. The van der Waals surface area contributed by atoms with E-state index in [1.54, 1.807) is 0 Å². The van der Waals surface area contributed by atoms with Crippen LogP contribution in [-0.4, -0.2) is 34.9 Å². The normalized spacial score (nSPS) is 14.9. The van der Waals surface area contributed by atoms with Crippen LogP contribution in [0.1, 0.15) is 0 Å². The molecule has 0 aliphatic rings. The highest BCUT2D eigenvalue weighted by molar-refractivity contribution is 8.84. The Bertz CT molecular complexity index is 227. The molecule has 0 radical (unpaired) electrons. The van der Waals surface area contributed by atoms with Crippen molar-refractivity contribution in [1.29, 1.82) is 0 Å². The molecular formula is C4H8NO4PS2. The van der Waals surface area contributed by atoms with Gasteiger partial charge in [0.25, 0.3) is 0 Å². The summed E-state index contributed by atoms with van der Waals surface area (Å²) >= 11 is 3.85. The molecule has 70 valence electrons. The van der Waals surface area contributed by atoms with E-state index < -0.39 is 11.7 Å². The van der Waals surface area contributed by atoms with E-state index in [9.17, 15) is 14.2 Å². The monoisotopic (exact) mass is 229 g/mol. The number of amides is 2. The number of thiol groups is 1. The summed E-state index contributed by atoms with van der Waals surface area (Å²) in [6.07, 6.45) is 0.337. The first kappa shape index (κ1) is 12.0. The van der Waals surface area contributed by atoms with Gasteiger partial charge in [0, 0.05) is 7.05 Å². The van der Waals surface area contributed by atoms with E-state index in [1.165, 1.54) is 7.05 Å². The van der Waals surface area contributed by atoms with Gasteiger partial charge in [-0.05, 0) is 11.4 Å². The Hall–Kier alpha value is 0.0300. The van der Waals surface area contributed by atoms with E-state index in [2.05, 4.69) is 12.2 Å². The van der Waals surface area contributed by atoms with Crippen LogP contribution in [0, 0.1) is 0 Å². The van der Waals surface area contributed by atoms with Crippen LogP contribution >= 0.6 is 29.4 Å². The minimum atomic E-state index is -3.52. The third kappa shape index (κ3) is 5.65. The van der Waals surface area contributed by atoms with E-state index in [1.807, 2.05) is 0 Å². The highest BCUT2D eigenvalue weighted by atomic mass is 33.1. The van der Waals surface area contributed by atoms with Crippen molar-refractivity contribution in [2.75, 3.05) is 12.8 Å². The topological polar surface area (TPSA) is 74.7 Å². The molecule has 12 heavy (non-hydrogen) atoms. The smallest absolute Gasteiger partial charge is 0.308 e. The van der Waals surface area contributed by atoms with E-state index in [-0.39, 0.29) is 5.75 Å². The zero-order chi connectivity index (χ0) is 9.78. The third-order valence-electron chi connectivity index (χ3n) is 0.908. The number of carbonyl (C=O) groups is 2. The number of nitrogens with zero attached hydrogens (tertiary/aromatic N) is 1. The fourth-order valence-corrected chi connectivity index (χ4v) is 2.14. The minimum absolute atomic E-state index is 0.230. The van der Waals surface area contributed by atoms with E-state index in [0.29, 0.717) is 17.8 Å². The Kier molecular flexibility index (Phi) is 4.92. The summed E-state index contributed by atoms with van der Waals surface area (Å²) in [5.41, 5.74) is 0. The number of imide groups is 1. The maximum absolute atomic E-state index is 10.8. The van der Waals surface area contributed by atoms with Gasteiger partial charge in [0.1, 0.15) is 0 Å². The third-order valence-corrected chi connectivity index (χ3v) is 4.06. The Morgan fingerprint density at radius 1 is 1.83 bits per heavy atom. The second-order valence-electron chi connectivity index (χ2n) is 1.87. The van der Waals surface area contributed by atoms with E-state index in [0.717, 1.165) is 4.90 Å². The second kappa shape index (κ2) is 4.91. The molecule has 0 aliphatic carbocycles. The van der Waals surface area contributed by atoms with Gasteiger partial charge in [0.05, 0.1) is 5.75 Å². The minimum Gasteiger partial charge on any atom is -0.329 e. The molecule has 2 amide bonds. The van der Waals surface area contributed by atoms with Crippen LogP contribution < -0.4 is 0 Å². The molecule has 8 heteroatoms.